The molecule has 5 heterocycles. The number of fused-ring (bicyclic) bond motifs is 14. The van der Waals surface area contributed by atoms with E-state index in [4.69, 9.17) is 9.41 Å². The van der Waals surface area contributed by atoms with E-state index in [-0.39, 0.29) is 6.04 Å². The first-order valence-electron chi connectivity index (χ1n) is 14.6. The molecule has 2 aliphatic rings. The Bertz CT molecular complexity index is 2770. The zero-order valence-electron chi connectivity index (χ0n) is 22.8. The van der Waals surface area contributed by atoms with E-state index in [2.05, 4.69) is 119 Å². The molecule has 5 aromatic carbocycles. The van der Waals surface area contributed by atoms with Crippen LogP contribution >= 0.6 is 11.3 Å². The van der Waals surface area contributed by atoms with Gasteiger partial charge in [0.2, 0.25) is 0 Å². The second-order valence-corrected chi connectivity index (χ2v) is 12.7. The first-order valence-corrected chi connectivity index (χ1v) is 15.4. The van der Waals surface area contributed by atoms with E-state index >= 15 is 0 Å². The Morgan fingerprint density at radius 3 is 2.60 bits per heavy atom. The summed E-state index contributed by atoms with van der Waals surface area (Å²) in [5, 5.41) is 12.5. The average molecular weight is 568 g/mol. The minimum Gasteiger partial charge on any atom is -0.455 e. The monoisotopic (exact) mass is 567 g/mol. The number of furan rings is 1. The number of hydrogen-bond acceptors (Lipinski definition) is 4. The van der Waals surface area contributed by atoms with Crippen LogP contribution < -0.4 is 5.32 Å². The molecule has 9 aromatic rings. The summed E-state index contributed by atoms with van der Waals surface area (Å²) in [4.78, 5) is 5.26. The largest absolute Gasteiger partial charge is 0.455 e. The number of nitrogens with one attached hydrogen (secondary N) is 1. The minimum absolute atomic E-state index is 0.0867. The standard InChI is InChI=1S/C38H21N3OS/c1-5-14-30-22(8-1)23-11-7-10-21(37(23)42-30)20-16-17-29-25(18-20)34-33-24-9-2-6-15-31(24)43-32(33)19-26-35-38(41(29)36(26)34)40-28-13-4-3-12-27(28)39-35/h1-19,27,39H. The highest BCUT2D eigenvalue weighted by Crippen LogP contribution is 2.52. The molecule has 11 rings (SSSR count). The van der Waals surface area contributed by atoms with Gasteiger partial charge < -0.3 is 9.73 Å². The van der Waals surface area contributed by atoms with E-state index in [9.17, 15) is 0 Å². The fourth-order valence-electron chi connectivity index (χ4n) is 7.49. The van der Waals surface area contributed by atoms with Gasteiger partial charge in [-0.05, 0) is 42.0 Å². The maximum Gasteiger partial charge on any atom is 0.162 e. The third-order valence-corrected chi connectivity index (χ3v) is 10.4. The Morgan fingerprint density at radius 2 is 1.63 bits per heavy atom. The highest BCUT2D eigenvalue weighted by Gasteiger charge is 2.30. The molecule has 0 spiro atoms. The van der Waals surface area contributed by atoms with Gasteiger partial charge in [0.1, 0.15) is 11.2 Å². The highest BCUT2D eigenvalue weighted by atomic mass is 32.1. The summed E-state index contributed by atoms with van der Waals surface area (Å²) in [5.74, 6) is 0.982. The van der Waals surface area contributed by atoms with E-state index in [1.807, 2.05) is 17.4 Å². The molecule has 200 valence electrons. The van der Waals surface area contributed by atoms with Crippen molar-refractivity contribution in [1.82, 2.24) is 4.40 Å². The Kier molecular flexibility index (Phi) is 3.99. The van der Waals surface area contributed by atoms with Gasteiger partial charge in [-0.3, -0.25) is 4.40 Å². The number of nitrogens with zero attached hydrogens (tertiary/aromatic N) is 2. The van der Waals surface area contributed by atoms with Crippen LogP contribution in [0.2, 0.25) is 0 Å². The molecule has 1 aliphatic carbocycles. The number of rotatable bonds is 1. The van der Waals surface area contributed by atoms with Gasteiger partial charge in [-0.15, -0.1) is 11.3 Å². The summed E-state index contributed by atoms with van der Waals surface area (Å²) in [7, 11) is 0. The number of thiophene rings is 1. The number of aromatic nitrogens is 1. The molecule has 5 heteroatoms. The Balaban J connectivity index is 1.30. The second kappa shape index (κ2) is 7.71. The van der Waals surface area contributed by atoms with E-state index in [1.165, 1.54) is 47.4 Å². The van der Waals surface area contributed by atoms with Gasteiger partial charge in [-0.1, -0.05) is 78.9 Å². The van der Waals surface area contributed by atoms with Gasteiger partial charge in [0.25, 0.3) is 0 Å². The molecule has 0 radical (unpaired) electrons. The maximum atomic E-state index is 6.46. The van der Waals surface area contributed by atoms with E-state index < -0.39 is 0 Å². The molecular formula is C38H21N3OS. The van der Waals surface area contributed by atoms with Crippen LogP contribution in [0.25, 0.3) is 80.4 Å². The number of hydrogen-bond donors (Lipinski definition) is 1. The van der Waals surface area contributed by atoms with Crippen molar-refractivity contribution in [3.05, 3.63) is 115 Å². The second-order valence-electron chi connectivity index (χ2n) is 11.6. The van der Waals surface area contributed by atoms with Crippen LogP contribution in [0.3, 0.4) is 0 Å². The molecular weight excluding hydrogens is 547 g/mol. The molecule has 1 unspecified atom stereocenters. The van der Waals surface area contributed by atoms with Gasteiger partial charge >= 0.3 is 0 Å². The smallest absolute Gasteiger partial charge is 0.162 e. The van der Waals surface area contributed by atoms with Crippen LogP contribution in [0.15, 0.2) is 125 Å². The number of aliphatic imine (C=N–C) groups is 1. The lowest BCUT2D eigenvalue weighted by atomic mass is 9.98. The van der Waals surface area contributed by atoms with Crippen molar-refractivity contribution in [2.75, 3.05) is 5.32 Å². The summed E-state index contributed by atoms with van der Waals surface area (Å²) < 4.78 is 11.5. The zero-order valence-corrected chi connectivity index (χ0v) is 23.6. The van der Waals surface area contributed by atoms with Gasteiger partial charge in [0.15, 0.2) is 5.82 Å². The molecule has 4 aromatic heterocycles. The fraction of sp³-hybridized carbons (Fsp3) is 0.0263. The molecule has 1 N–H and O–H groups in total. The van der Waals surface area contributed by atoms with Crippen molar-refractivity contribution in [1.29, 1.82) is 0 Å². The third-order valence-electron chi connectivity index (χ3n) is 9.33. The van der Waals surface area contributed by atoms with E-state index in [1.54, 1.807) is 0 Å². The Labute approximate surface area is 248 Å². The molecule has 0 bridgehead atoms. The van der Waals surface area contributed by atoms with Crippen LogP contribution in [-0.4, -0.2) is 16.2 Å². The van der Waals surface area contributed by atoms with Gasteiger partial charge in [0, 0.05) is 52.7 Å². The summed E-state index contributed by atoms with van der Waals surface area (Å²) in [6, 6.07) is 32.9. The summed E-state index contributed by atoms with van der Waals surface area (Å²) >= 11 is 1.87. The molecule has 43 heavy (non-hydrogen) atoms. The van der Waals surface area contributed by atoms with Crippen molar-refractivity contribution in [2.45, 2.75) is 6.04 Å². The molecule has 1 atom stereocenters. The average Bonchev–Trinajstić information content (AvgIpc) is 3.79. The summed E-state index contributed by atoms with van der Waals surface area (Å²) in [6.45, 7) is 0. The lowest BCUT2D eigenvalue weighted by Crippen LogP contribution is -2.29. The van der Waals surface area contributed by atoms with Crippen molar-refractivity contribution in [3.63, 3.8) is 0 Å². The molecule has 4 nitrogen and oxygen atoms in total. The minimum atomic E-state index is 0.0867. The third kappa shape index (κ3) is 2.74. The topological polar surface area (TPSA) is 41.9 Å². The van der Waals surface area contributed by atoms with Crippen LogP contribution in [0.5, 0.6) is 0 Å². The summed E-state index contributed by atoms with van der Waals surface area (Å²) in [6.07, 6.45) is 8.47. The molecule has 0 amide bonds. The summed E-state index contributed by atoms with van der Waals surface area (Å²) in [5.41, 5.74) is 8.68. The van der Waals surface area contributed by atoms with Crippen LogP contribution in [-0.2, 0) is 0 Å². The quantitative estimate of drug-likeness (QED) is 0.214. The molecule has 0 fully saturated rings. The van der Waals surface area contributed by atoms with Gasteiger partial charge in [-0.25, -0.2) is 4.99 Å². The molecule has 1 aliphatic heterocycles. The van der Waals surface area contributed by atoms with Crippen LogP contribution in [0, 0.1) is 0 Å². The number of allylic oxidation sites excluding steroid dienone is 2. The SMILES string of the molecule is C1=CC2=Nc3c(c4cc5sc6ccccc6c5c5c6cc(-c7cccc8c7oc7ccccc78)ccc6n3c45)NC2C=C1. The predicted molar refractivity (Wildman–Crippen MR) is 182 cm³/mol. The van der Waals surface area contributed by atoms with Gasteiger partial charge in [-0.2, -0.15) is 0 Å². The van der Waals surface area contributed by atoms with Crippen LogP contribution in [0.1, 0.15) is 0 Å². The van der Waals surface area contributed by atoms with Gasteiger partial charge in [0.05, 0.1) is 28.5 Å². The number of para-hydroxylation sites is 2. The first kappa shape index (κ1) is 22.2. The Hall–Kier alpha value is -5.39. The highest BCUT2D eigenvalue weighted by molar-refractivity contribution is 7.26. The van der Waals surface area contributed by atoms with Crippen molar-refractivity contribution in [2.24, 2.45) is 4.99 Å². The maximum absolute atomic E-state index is 6.46. The molecule has 0 saturated carbocycles. The van der Waals surface area contributed by atoms with E-state index in [0.29, 0.717) is 0 Å². The van der Waals surface area contributed by atoms with Crippen molar-refractivity contribution < 1.29 is 4.42 Å². The van der Waals surface area contributed by atoms with Crippen LogP contribution in [0.4, 0.5) is 11.5 Å². The molecule has 0 saturated heterocycles. The lowest BCUT2D eigenvalue weighted by Gasteiger charge is -2.23. The van der Waals surface area contributed by atoms with Crippen molar-refractivity contribution in [3.8, 4) is 11.1 Å². The Morgan fingerprint density at radius 1 is 0.744 bits per heavy atom. The number of benzene rings is 5. The zero-order chi connectivity index (χ0) is 27.8. The number of anilines is 1. The first-order chi connectivity index (χ1) is 21.3. The predicted octanol–water partition coefficient (Wildman–Crippen LogP) is 10.6. The fourth-order valence-corrected chi connectivity index (χ4v) is 8.65. The van der Waals surface area contributed by atoms with Crippen molar-refractivity contribution >= 4 is 97.9 Å². The van der Waals surface area contributed by atoms with E-state index in [0.717, 1.165) is 50.3 Å². The lowest BCUT2D eigenvalue weighted by molar-refractivity contribution is 0.670. The normalized spacial score (nSPS) is 16.3.